The van der Waals surface area contributed by atoms with Gasteiger partial charge < -0.3 is 19.4 Å². The molecule has 3 aromatic carbocycles. The molecule has 0 unspecified atom stereocenters. The van der Waals surface area contributed by atoms with Crippen molar-refractivity contribution >= 4 is 16.9 Å². The van der Waals surface area contributed by atoms with Gasteiger partial charge in [-0.3, -0.25) is 9.59 Å². The van der Waals surface area contributed by atoms with Gasteiger partial charge in [0.05, 0.1) is 13.5 Å². The van der Waals surface area contributed by atoms with Crippen molar-refractivity contribution in [1.29, 1.82) is 0 Å². The number of phenols is 2. The molecule has 1 aromatic heterocycles. The molecular weight excluding hydrogens is 432 g/mol. The van der Waals surface area contributed by atoms with Crippen LogP contribution >= 0.6 is 0 Å². The average Bonchev–Trinajstić information content (AvgIpc) is 2.83. The van der Waals surface area contributed by atoms with Crippen LogP contribution in [0.5, 0.6) is 11.5 Å². The summed E-state index contributed by atoms with van der Waals surface area (Å²) >= 11 is 0. The van der Waals surface area contributed by atoms with Crippen LogP contribution in [0.3, 0.4) is 0 Å². The molecule has 0 aliphatic carbocycles. The zero-order valence-electron chi connectivity index (χ0n) is 19.2. The molecule has 174 valence electrons. The van der Waals surface area contributed by atoms with E-state index in [0.717, 1.165) is 17.2 Å². The third kappa shape index (κ3) is 4.39. The summed E-state index contributed by atoms with van der Waals surface area (Å²) in [6.07, 6.45) is -0.0930. The van der Waals surface area contributed by atoms with Crippen molar-refractivity contribution in [2.75, 3.05) is 7.11 Å². The number of ether oxygens (including phenoxy) is 1. The van der Waals surface area contributed by atoms with Crippen LogP contribution in [0.25, 0.3) is 22.3 Å². The molecule has 0 radical (unpaired) electrons. The van der Waals surface area contributed by atoms with Gasteiger partial charge in [-0.1, -0.05) is 68.4 Å². The van der Waals surface area contributed by atoms with Crippen LogP contribution in [0.4, 0.5) is 0 Å². The first-order valence-electron chi connectivity index (χ1n) is 11.0. The second kappa shape index (κ2) is 9.43. The molecule has 1 atom stereocenters. The van der Waals surface area contributed by atoms with E-state index in [0.29, 0.717) is 11.5 Å². The van der Waals surface area contributed by atoms with Gasteiger partial charge in [0, 0.05) is 29.2 Å². The molecule has 0 amide bonds. The second-order valence-corrected chi connectivity index (χ2v) is 8.53. The highest BCUT2D eigenvalue weighted by atomic mass is 16.5. The summed E-state index contributed by atoms with van der Waals surface area (Å²) in [5, 5.41) is 21.4. The lowest BCUT2D eigenvalue weighted by Gasteiger charge is -2.21. The third-order valence-corrected chi connectivity index (χ3v) is 6.01. The van der Waals surface area contributed by atoms with Gasteiger partial charge in [0.2, 0.25) is 0 Å². The number of hydrogen-bond acceptors (Lipinski definition) is 6. The van der Waals surface area contributed by atoms with Crippen LogP contribution in [0.1, 0.15) is 48.8 Å². The number of carbonyl (C=O) groups excluding carboxylic acids is 1. The summed E-state index contributed by atoms with van der Waals surface area (Å²) in [6.45, 7) is 4.17. The van der Waals surface area contributed by atoms with E-state index in [-0.39, 0.29) is 34.5 Å². The maximum absolute atomic E-state index is 13.0. The lowest BCUT2D eigenvalue weighted by atomic mass is 9.85. The van der Waals surface area contributed by atoms with Crippen molar-refractivity contribution in [3.63, 3.8) is 0 Å². The van der Waals surface area contributed by atoms with Gasteiger partial charge in [0.1, 0.15) is 28.2 Å². The molecule has 2 N–H and O–H groups in total. The monoisotopic (exact) mass is 458 g/mol. The summed E-state index contributed by atoms with van der Waals surface area (Å²) in [6, 6.07) is 19.2. The number of aromatic hydroxyl groups is 2. The molecule has 0 aliphatic rings. The van der Waals surface area contributed by atoms with E-state index in [1.807, 2.05) is 42.5 Å². The summed E-state index contributed by atoms with van der Waals surface area (Å²) in [4.78, 5) is 25.4. The number of hydrogen-bond donors (Lipinski definition) is 2. The fraction of sp³-hybridized carbons (Fsp3) is 0.214. The Morgan fingerprint density at radius 1 is 0.941 bits per heavy atom. The normalized spacial score (nSPS) is 12.1. The van der Waals surface area contributed by atoms with E-state index in [4.69, 9.17) is 9.15 Å². The Labute approximate surface area is 197 Å². The lowest BCUT2D eigenvalue weighted by Crippen LogP contribution is -2.12. The largest absolute Gasteiger partial charge is 0.507 e. The molecule has 0 fully saturated rings. The van der Waals surface area contributed by atoms with Crippen molar-refractivity contribution in [2.24, 2.45) is 0 Å². The van der Waals surface area contributed by atoms with Crippen LogP contribution in [0.15, 0.2) is 75.9 Å². The van der Waals surface area contributed by atoms with Gasteiger partial charge in [0.15, 0.2) is 5.43 Å². The zero-order chi connectivity index (χ0) is 24.4. The molecule has 4 rings (SSSR count). The molecule has 0 spiro atoms. The maximum Gasteiger partial charge on any atom is 0.306 e. The minimum atomic E-state index is -0.675. The summed E-state index contributed by atoms with van der Waals surface area (Å²) in [5.74, 6) is -1.22. The lowest BCUT2D eigenvalue weighted by molar-refractivity contribution is -0.140. The predicted molar refractivity (Wildman–Crippen MR) is 130 cm³/mol. The molecule has 34 heavy (non-hydrogen) atoms. The van der Waals surface area contributed by atoms with Gasteiger partial charge in [-0.15, -0.1) is 0 Å². The first-order chi connectivity index (χ1) is 16.3. The van der Waals surface area contributed by atoms with Crippen LogP contribution in [-0.2, 0) is 9.53 Å². The summed E-state index contributed by atoms with van der Waals surface area (Å²) < 4.78 is 11.0. The second-order valence-electron chi connectivity index (χ2n) is 8.53. The highest BCUT2D eigenvalue weighted by Gasteiger charge is 2.28. The van der Waals surface area contributed by atoms with Gasteiger partial charge in [-0.05, 0) is 17.0 Å². The maximum atomic E-state index is 13.0. The van der Waals surface area contributed by atoms with Crippen molar-refractivity contribution in [2.45, 2.75) is 32.1 Å². The van der Waals surface area contributed by atoms with Gasteiger partial charge in [-0.2, -0.15) is 0 Å². The number of rotatable bonds is 6. The fourth-order valence-corrected chi connectivity index (χ4v) is 4.15. The minimum Gasteiger partial charge on any atom is -0.507 e. The van der Waals surface area contributed by atoms with Crippen molar-refractivity contribution in [3.05, 3.63) is 93.6 Å². The average molecular weight is 459 g/mol. The first kappa shape index (κ1) is 23.1. The molecule has 0 saturated heterocycles. The van der Waals surface area contributed by atoms with Crippen LogP contribution in [0.2, 0.25) is 0 Å². The number of esters is 1. The molecule has 6 heteroatoms. The van der Waals surface area contributed by atoms with E-state index < -0.39 is 23.1 Å². The summed E-state index contributed by atoms with van der Waals surface area (Å²) in [7, 11) is 1.30. The molecular formula is C28H26O6. The Hall–Kier alpha value is -4.06. The third-order valence-electron chi connectivity index (χ3n) is 6.01. The van der Waals surface area contributed by atoms with E-state index in [2.05, 4.69) is 13.8 Å². The van der Waals surface area contributed by atoms with Gasteiger partial charge >= 0.3 is 5.97 Å². The quantitative estimate of drug-likeness (QED) is 0.360. The van der Waals surface area contributed by atoms with Crippen molar-refractivity contribution in [3.8, 4) is 22.8 Å². The standard InChI is InChI=1S/C28H26O6/c1-16(2)17-9-11-18(12-10-17)20(13-25(32)33-3)26-21(29)14-22(30)27-23(31)15-24(34-28(26)27)19-7-5-4-6-8-19/h4-12,14-16,20,29-30H,13H2,1-3H3/t20-/m1/s1. The fourth-order valence-electron chi connectivity index (χ4n) is 4.15. The predicted octanol–water partition coefficient (Wildman–Crippen LogP) is 5.69. The number of methoxy groups -OCH3 is 1. The van der Waals surface area contributed by atoms with E-state index in [1.54, 1.807) is 12.1 Å². The van der Waals surface area contributed by atoms with Crippen LogP contribution < -0.4 is 5.43 Å². The first-order valence-corrected chi connectivity index (χ1v) is 11.0. The molecule has 0 saturated carbocycles. The highest BCUT2D eigenvalue weighted by molar-refractivity contribution is 5.90. The van der Waals surface area contributed by atoms with Gasteiger partial charge in [0.25, 0.3) is 0 Å². The molecule has 1 heterocycles. The SMILES string of the molecule is COC(=O)C[C@H](c1ccc(C(C)C)cc1)c1c(O)cc(O)c2c(=O)cc(-c3ccccc3)oc12. The van der Waals surface area contributed by atoms with Crippen molar-refractivity contribution < 1.29 is 24.2 Å². The number of fused-ring (bicyclic) bond motifs is 1. The Balaban J connectivity index is 2.00. The highest BCUT2D eigenvalue weighted by Crippen LogP contribution is 2.43. The molecule has 0 bridgehead atoms. The van der Waals surface area contributed by atoms with Gasteiger partial charge in [-0.25, -0.2) is 0 Å². The van der Waals surface area contributed by atoms with Crippen molar-refractivity contribution in [1.82, 2.24) is 0 Å². The topological polar surface area (TPSA) is 97.0 Å². The van der Waals surface area contributed by atoms with Crippen LogP contribution in [0, 0.1) is 0 Å². The Morgan fingerprint density at radius 3 is 2.21 bits per heavy atom. The van der Waals surface area contributed by atoms with E-state index in [9.17, 15) is 19.8 Å². The zero-order valence-corrected chi connectivity index (χ0v) is 19.2. The Kier molecular flexibility index (Phi) is 6.41. The van der Waals surface area contributed by atoms with Crippen LogP contribution in [-0.4, -0.2) is 23.3 Å². The van der Waals surface area contributed by atoms with E-state index >= 15 is 0 Å². The number of benzene rings is 3. The smallest absolute Gasteiger partial charge is 0.306 e. The molecule has 4 aromatic rings. The number of carbonyl (C=O) groups is 1. The van der Waals surface area contributed by atoms with E-state index in [1.165, 1.54) is 13.2 Å². The molecule has 6 nitrogen and oxygen atoms in total. The Morgan fingerprint density at radius 2 is 1.59 bits per heavy atom. The number of phenolic OH excluding ortho intramolecular Hbond substituents is 2. The molecule has 0 aliphatic heterocycles. The summed E-state index contributed by atoms with van der Waals surface area (Å²) in [5.41, 5.74) is 2.35. The Bertz CT molecular complexity index is 1380. The minimum absolute atomic E-state index is 0.0330.